The molecular formula is C15H22F3N3O. The fourth-order valence-electron chi connectivity index (χ4n) is 1.73. The number of guanidine groups is 1. The van der Waals surface area contributed by atoms with Gasteiger partial charge in [0.25, 0.3) is 0 Å². The average Bonchev–Trinajstić information content (AvgIpc) is 2.42. The molecule has 1 aromatic carbocycles. The first kappa shape index (κ1) is 18.1. The van der Waals surface area contributed by atoms with Crippen molar-refractivity contribution in [2.24, 2.45) is 10.7 Å². The van der Waals surface area contributed by atoms with Crippen LogP contribution >= 0.6 is 0 Å². The van der Waals surface area contributed by atoms with Gasteiger partial charge in [-0.05, 0) is 38.5 Å². The molecule has 22 heavy (non-hydrogen) atoms. The summed E-state index contributed by atoms with van der Waals surface area (Å²) in [5.41, 5.74) is 4.95. The molecule has 1 atom stereocenters. The largest absolute Gasteiger partial charge is 0.488 e. The van der Waals surface area contributed by atoms with Gasteiger partial charge in [-0.2, -0.15) is 13.2 Å². The average molecular weight is 317 g/mol. The number of benzene rings is 1. The predicted molar refractivity (Wildman–Crippen MR) is 80.9 cm³/mol. The monoisotopic (exact) mass is 317 g/mol. The number of hydrogen-bond donors (Lipinski definition) is 2. The summed E-state index contributed by atoms with van der Waals surface area (Å²) in [6, 6.07) is 4.98. The van der Waals surface area contributed by atoms with Crippen LogP contribution in [0.3, 0.4) is 0 Å². The van der Waals surface area contributed by atoms with Crippen molar-refractivity contribution in [1.82, 2.24) is 5.32 Å². The van der Waals surface area contributed by atoms with E-state index >= 15 is 0 Å². The van der Waals surface area contributed by atoms with Gasteiger partial charge in [-0.3, -0.25) is 0 Å². The minimum atomic E-state index is -4.38. The lowest BCUT2D eigenvalue weighted by atomic mass is 10.2. The highest BCUT2D eigenvalue weighted by Gasteiger charge is 2.30. The Labute approximate surface area is 128 Å². The summed E-state index contributed by atoms with van der Waals surface area (Å²) < 4.78 is 43.5. The Kier molecular flexibility index (Phi) is 6.52. The van der Waals surface area contributed by atoms with Crippen LogP contribution in [0.1, 0.15) is 32.8 Å². The quantitative estimate of drug-likeness (QED) is 0.626. The van der Waals surface area contributed by atoms with Gasteiger partial charge < -0.3 is 15.8 Å². The molecule has 0 fully saturated rings. The highest BCUT2D eigenvalue weighted by atomic mass is 19.4. The minimum Gasteiger partial charge on any atom is -0.488 e. The van der Waals surface area contributed by atoms with E-state index in [2.05, 4.69) is 10.3 Å². The molecule has 1 rings (SSSR count). The molecule has 0 bridgehead atoms. The van der Waals surface area contributed by atoms with E-state index in [-0.39, 0.29) is 24.4 Å². The zero-order valence-electron chi connectivity index (χ0n) is 12.9. The molecule has 0 aliphatic rings. The van der Waals surface area contributed by atoms with Gasteiger partial charge in [0.05, 0.1) is 12.1 Å². The Morgan fingerprint density at radius 2 is 2.05 bits per heavy atom. The Hall–Kier alpha value is -1.92. The molecule has 0 aromatic heterocycles. The minimum absolute atomic E-state index is 0.160. The molecule has 1 aromatic rings. The molecule has 0 aliphatic carbocycles. The van der Waals surface area contributed by atoms with Crippen LogP contribution in [0.2, 0.25) is 0 Å². The van der Waals surface area contributed by atoms with E-state index in [4.69, 9.17) is 10.5 Å². The molecular weight excluding hydrogens is 295 g/mol. The van der Waals surface area contributed by atoms with Crippen molar-refractivity contribution in [1.29, 1.82) is 0 Å². The van der Waals surface area contributed by atoms with Crippen molar-refractivity contribution in [3.05, 3.63) is 29.8 Å². The highest BCUT2D eigenvalue weighted by Crippen LogP contribution is 2.31. The van der Waals surface area contributed by atoms with Crippen molar-refractivity contribution in [3.8, 4) is 5.75 Å². The number of alkyl halides is 3. The first-order valence-corrected chi connectivity index (χ1v) is 7.12. The molecule has 0 saturated heterocycles. The Bertz CT molecular complexity index is 501. The molecule has 0 amide bonds. The highest BCUT2D eigenvalue weighted by molar-refractivity contribution is 5.78. The summed E-state index contributed by atoms with van der Waals surface area (Å²) in [6.07, 6.45) is -4.12. The van der Waals surface area contributed by atoms with Crippen molar-refractivity contribution in [3.63, 3.8) is 0 Å². The van der Waals surface area contributed by atoms with Crippen LogP contribution < -0.4 is 15.8 Å². The molecule has 124 valence electrons. The maximum atomic E-state index is 12.7. The van der Waals surface area contributed by atoms with Crippen LogP contribution in [0.25, 0.3) is 0 Å². The zero-order chi connectivity index (χ0) is 16.8. The van der Waals surface area contributed by atoms with E-state index in [1.165, 1.54) is 12.1 Å². The second kappa shape index (κ2) is 7.91. The van der Waals surface area contributed by atoms with Gasteiger partial charge in [0, 0.05) is 6.04 Å². The first-order valence-electron chi connectivity index (χ1n) is 7.12. The third kappa shape index (κ3) is 6.24. The Morgan fingerprint density at radius 3 is 2.59 bits per heavy atom. The topological polar surface area (TPSA) is 59.6 Å². The molecule has 1 unspecified atom stereocenters. The number of nitrogens with zero attached hydrogens (tertiary/aromatic N) is 1. The van der Waals surface area contributed by atoms with Crippen LogP contribution in [0.4, 0.5) is 13.2 Å². The lowest BCUT2D eigenvalue weighted by molar-refractivity contribution is -0.137. The molecule has 3 N–H and O–H groups in total. The van der Waals surface area contributed by atoms with Crippen LogP contribution in [-0.4, -0.2) is 24.7 Å². The number of nitrogens with one attached hydrogen (secondary N) is 1. The standard InChI is InChI=1S/C15H22F3N3O/c1-4-12(9-20-14(19)21-10(2)3)22-13-7-5-6-11(8-13)15(16,17)18/h5-8,10,12H,4,9H2,1-3H3,(H3,19,20,21). The third-order valence-electron chi connectivity index (χ3n) is 2.82. The number of ether oxygens (including phenoxy) is 1. The fraction of sp³-hybridized carbons (Fsp3) is 0.533. The van der Waals surface area contributed by atoms with E-state index in [9.17, 15) is 13.2 Å². The van der Waals surface area contributed by atoms with E-state index < -0.39 is 11.7 Å². The summed E-state index contributed by atoms with van der Waals surface area (Å²) >= 11 is 0. The second-order valence-corrected chi connectivity index (χ2v) is 5.20. The van der Waals surface area contributed by atoms with Crippen molar-refractivity contribution < 1.29 is 17.9 Å². The Balaban J connectivity index is 2.70. The smallest absolute Gasteiger partial charge is 0.416 e. The van der Waals surface area contributed by atoms with Gasteiger partial charge >= 0.3 is 6.18 Å². The molecule has 0 heterocycles. The Morgan fingerprint density at radius 1 is 1.36 bits per heavy atom. The molecule has 0 aliphatic heterocycles. The number of aliphatic imine (C=N–C) groups is 1. The summed E-state index contributed by atoms with van der Waals surface area (Å²) in [5, 5.41) is 2.94. The van der Waals surface area contributed by atoms with Gasteiger partial charge in [0.2, 0.25) is 0 Å². The summed E-state index contributed by atoms with van der Waals surface area (Å²) in [4.78, 5) is 4.14. The van der Waals surface area contributed by atoms with E-state index in [1.54, 1.807) is 0 Å². The number of halogens is 3. The number of rotatable bonds is 6. The van der Waals surface area contributed by atoms with Crippen molar-refractivity contribution in [2.75, 3.05) is 6.54 Å². The van der Waals surface area contributed by atoms with Gasteiger partial charge in [-0.15, -0.1) is 0 Å². The van der Waals surface area contributed by atoms with E-state index in [0.717, 1.165) is 12.1 Å². The molecule has 0 saturated carbocycles. The van der Waals surface area contributed by atoms with Crippen LogP contribution in [0.15, 0.2) is 29.3 Å². The summed E-state index contributed by atoms with van der Waals surface area (Å²) in [5.74, 6) is 0.466. The van der Waals surface area contributed by atoms with E-state index in [1.807, 2.05) is 20.8 Å². The first-order chi connectivity index (χ1) is 10.2. The van der Waals surface area contributed by atoms with Gasteiger partial charge in [0.15, 0.2) is 5.96 Å². The van der Waals surface area contributed by atoms with Crippen molar-refractivity contribution in [2.45, 2.75) is 45.5 Å². The maximum Gasteiger partial charge on any atom is 0.416 e. The maximum absolute atomic E-state index is 12.7. The summed E-state index contributed by atoms with van der Waals surface area (Å²) in [6.45, 7) is 6.01. The second-order valence-electron chi connectivity index (χ2n) is 5.20. The lowest BCUT2D eigenvalue weighted by Gasteiger charge is -2.17. The van der Waals surface area contributed by atoms with Crippen LogP contribution in [0, 0.1) is 0 Å². The SMILES string of the molecule is CCC(CN=C(N)NC(C)C)Oc1cccc(C(F)(F)F)c1. The molecule has 4 nitrogen and oxygen atoms in total. The van der Waals surface area contributed by atoms with E-state index in [0.29, 0.717) is 12.4 Å². The van der Waals surface area contributed by atoms with Gasteiger partial charge in [0.1, 0.15) is 11.9 Å². The fourth-order valence-corrected chi connectivity index (χ4v) is 1.73. The number of nitrogens with two attached hydrogens (primary N) is 1. The normalized spacial score (nSPS) is 14.0. The van der Waals surface area contributed by atoms with Crippen molar-refractivity contribution >= 4 is 5.96 Å². The molecule has 0 spiro atoms. The lowest BCUT2D eigenvalue weighted by Crippen LogP contribution is -2.37. The van der Waals surface area contributed by atoms with Gasteiger partial charge in [-0.1, -0.05) is 13.0 Å². The molecule has 0 radical (unpaired) electrons. The molecule has 7 heteroatoms. The van der Waals surface area contributed by atoms with Crippen LogP contribution in [0.5, 0.6) is 5.75 Å². The van der Waals surface area contributed by atoms with Gasteiger partial charge in [-0.25, -0.2) is 4.99 Å². The summed E-state index contributed by atoms with van der Waals surface area (Å²) in [7, 11) is 0. The van der Waals surface area contributed by atoms with Crippen LogP contribution in [-0.2, 0) is 6.18 Å². The third-order valence-corrected chi connectivity index (χ3v) is 2.82. The zero-order valence-corrected chi connectivity index (χ0v) is 12.9. The predicted octanol–water partition coefficient (Wildman–Crippen LogP) is 3.18. The number of hydrogen-bond acceptors (Lipinski definition) is 2.